The minimum Gasteiger partial charge on any atom is -0.756 e. The quantitative estimate of drug-likeness (QED) is 0.0213. The molecule has 8 N–H and O–H groups in total. The van der Waals surface area contributed by atoms with E-state index in [0.717, 1.165) is 51.4 Å². The molecule has 0 aromatic rings. The summed E-state index contributed by atoms with van der Waals surface area (Å²) in [4.78, 5) is 25.8. The number of carbonyl (C=O) groups is 1. The number of aliphatic hydroxyl groups excluding tert-OH is 7. The summed E-state index contributed by atoms with van der Waals surface area (Å²) in [7, 11) is -5.40. The first-order chi connectivity index (χ1) is 29.9. The highest BCUT2D eigenvalue weighted by molar-refractivity contribution is 7.45. The van der Waals surface area contributed by atoms with Crippen molar-refractivity contribution in [2.24, 2.45) is 0 Å². The van der Waals surface area contributed by atoms with Crippen LogP contribution in [0.25, 0.3) is 0 Å². The van der Waals surface area contributed by atoms with E-state index in [9.17, 15) is 50.0 Å². The van der Waals surface area contributed by atoms with Crippen LogP contribution in [0, 0.1) is 0 Å². The van der Waals surface area contributed by atoms with E-state index in [1.165, 1.54) is 148 Å². The minimum atomic E-state index is -5.40. The number of nitrogens with one attached hydrogen (secondary N) is 1. The lowest BCUT2D eigenvalue weighted by Gasteiger charge is -2.43. The first-order valence-corrected chi connectivity index (χ1v) is 27.0. The lowest BCUT2D eigenvalue weighted by atomic mass is 9.85. The highest BCUT2D eigenvalue weighted by Crippen LogP contribution is 2.43. The lowest BCUT2D eigenvalue weighted by Crippen LogP contribution is -2.64. The number of rotatable bonds is 43. The number of hydrogen-bond acceptors (Lipinski definition) is 12. The molecule has 1 saturated carbocycles. The van der Waals surface area contributed by atoms with Crippen molar-refractivity contribution in [2.75, 3.05) is 6.61 Å². The number of carbonyl (C=O) groups excluding carboxylic acids is 1. The summed E-state index contributed by atoms with van der Waals surface area (Å²) >= 11 is 0. The molecule has 14 heteroatoms. The second-order valence-electron chi connectivity index (χ2n) is 18.5. The molecule has 10 atom stereocenters. The second kappa shape index (κ2) is 38.4. The molecule has 0 aromatic carbocycles. The summed E-state index contributed by atoms with van der Waals surface area (Å²) < 4.78 is 22.6. The largest absolute Gasteiger partial charge is 0.756 e. The van der Waals surface area contributed by atoms with Gasteiger partial charge in [-0.2, -0.15) is 0 Å². The minimum absolute atomic E-state index is 0.140. The predicted molar refractivity (Wildman–Crippen MR) is 245 cm³/mol. The van der Waals surface area contributed by atoms with E-state index in [4.69, 9.17) is 9.05 Å². The highest BCUT2D eigenvalue weighted by Gasteiger charge is 2.50. The third-order valence-electron chi connectivity index (χ3n) is 12.7. The van der Waals surface area contributed by atoms with E-state index in [2.05, 4.69) is 19.2 Å². The molecular formula is C48H95NO12P-. The molecule has 0 radical (unpaired) electrons. The van der Waals surface area contributed by atoms with Crippen molar-refractivity contribution >= 4 is 13.7 Å². The number of phosphoric acid groups is 1. The van der Waals surface area contributed by atoms with Crippen molar-refractivity contribution in [3.63, 3.8) is 0 Å². The average molecular weight is 909 g/mol. The number of unbranched alkanes of at least 4 members (excludes halogenated alkanes) is 31. The number of amides is 1. The van der Waals surface area contributed by atoms with Crippen LogP contribution >= 0.6 is 7.82 Å². The van der Waals surface area contributed by atoms with Crippen LogP contribution in [0.2, 0.25) is 0 Å². The molecule has 0 aliphatic heterocycles. The van der Waals surface area contributed by atoms with Gasteiger partial charge in [-0.15, -0.1) is 0 Å². The summed E-state index contributed by atoms with van der Waals surface area (Å²) in [5.74, 6) is -0.437. The molecule has 370 valence electrons. The van der Waals surface area contributed by atoms with Crippen molar-refractivity contribution in [1.29, 1.82) is 0 Å². The van der Waals surface area contributed by atoms with Crippen LogP contribution in [0.15, 0.2) is 0 Å². The van der Waals surface area contributed by atoms with Gasteiger partial charge >= 0.3 is 0 Å². The van der Waals surface area contributed by atoms with Crippen molar-refractivity contribution in [3.05, 3.63) is 0 Å². The van der Waals surface area contributed by atoms with Gasteiger partial charge in [-0.25, -0.2) is 0 Å². The van der Waals surface area contributed by atoms with Gasteiger partial charge in [0.1, 0.15) is 42.7 Å². The Bertz CT molecular complexity index is 1070. The fourth-order valence-corrected chi connectivity index (χ4v) is 9.48. The Morgan fingerprint density at radius 3 is 1.18 bits per heavy atom. The third-order valence-corrected chi connectivity index (χ3v) is 13.7. The summed E-state index contributed by atoms with van der Waals surface area (Å²) in [6, 6.07) is -1.34. The van der Waals surface area contributed by atoms with Gasteiger partial charge in [-0.3, -0.25) is 9.36 Å². The fourth-order valence-electron chi connectivity index (χ4n) is 8.53. The molecule has 1 aliphatic rings. The summed E-state index contributed by atoms with van der Waals surface area (Å²) in [5, 5.41) is 74.8. The molecule has 0 saturated heterocycles. The average Bonchev–Trinajstić information content (AvgIpc) is 3.25. The molecule has 1 aliphatic carbocycles. The number of aliphatic hydroxyl groups is 7. The first-order valence-electron chi connectivity index (χ1n) is 25.6. The molecule has 1 amide bonds. The molecule has 3 unspecified atom stereocenters. The van der Waals surface area contributed by atoms with Gasteiger partial charge in [-0.05, 0) is 12.8 Å². The van der Waals surface area contributed by atoms with Crippen molar-refractivity contribution < 1.29 is 59.0 Å². The van der Waals surface area contributed by atoms with Crippen molar-refractivity contribution in [3.8, 4) is 0 Å². The lowest BCUT2D eigenvalue weighted by molar-refractivity contribution is -0.261. The summed E-state index contributed by atoms with van der Waals surface area (Å²) in [6.07, 6.45) is 25.2. The Labute approximate surface area is 377 Å². The van der Waals surface area contributed by atoms with Crippen LogP contribution in [0.1, 0.15) is 239 Å². The molecule has 0 aromatic heterocycles. The Hall–Kier alpha value is -0.700. The first kappa shape index (κ1) is 59.3. The van der Waals surface area contributed by atoms with E-state index < -0.39 is 75.2 Å². The van der Waals surface area contributed by atoms with Gasteiger partial charge in [0.15, 0.2) is 0 Å². The van der Waals surface area contributed by atoms with Gasteiger partial charge in [0.2, 0.25) is 5.91 Å². The zero-order valence-corrected chi connectivity index (χ0v) is 40.2. The van der Waals surface area contributed by atoms with E-state index in [-0.39, 0.29) is 12.8 Å². The van der Waals surface area contributed by atoms with Crippen LogP contribution in [0.5, 0.6) is 0 Å². The van der Waals surface area contributed by atoms with E-state index in [1.807, 2.05) is 0 Å². The third kappa shape index (κ3) is 29.0. The van der Waals surface area contributed by atoms with Crippen LogP contribution in [0.3, 0.4) is 0 Å². The van der Waals surface area contributed by atoms with Crippen LogP contribution in [-0.2, 0) is 18.4 Å². The summed E-state index contributed by atoms with van der Waals surface area (Å²) in [5.41, 5.74) is 0. The number of phosphoric ester groups is 1. The van der Waals surface area contributed by atoms with Crippen molar-refractivity contribution in [2.45, 2.75) is 293 Å². The zero-order chi connectivity index (χ0) is 45.9. The van der Waals surface area contributed by atoms with Crippen LogP contribution < -0.4 is 10.2 Å². The Morgan fingerprint density at radius 1 is 0.516 bits per heavy atom. The molecule has 13 nitrogen and oxygen atoms in total. The standard InChI is InChI=1S/C48H96NO12P/c1-3-5-7-9-11-13-15-17-18-19-20-21-22-23-24-25-27-29-31-33-35-37-41(51)49-39(38-60-62(58,59)61-48-46(56)44(54)43(53)45(55)47(48)57)42(52)40(50)36-34-32-30-28-26-16-14-12-10-8-6-4-2/h39-40,42-48,50,52-57H,3-38H2,1-2H3,(H,49,51)(H,58,59)/p-1/t39-,40+,42-,43?,44-,45+,46+,47+,48?/m0/s1. The molecule has 1 fully saturated rings. The Kier molecular flexibility index (Phi) is 36.7. The Morgan fingerprint density at radius 2 is 0.823 bits per heavy atom. The van der Waals surface area contributed by atoms with Gasteiger partial charge < -0.3 is 55.0 Å². The maximum absolute atomic E-state index is 13.0. The van der Waals surface area contributed by atoms with E-state index in [0.29, 0.717) is 12.8 Å². The van der Waals surface area contributed by atoms with Gasteiger partial charge in [0, 0.05) is 6.42 Å². The molecule has 62 heavy (non-hydrogen) atoms. The fraction of sp³-hybridized carbons (Fsp3) is 0.979. The van der Waals surface area contributed by atoms with Crippen LogP contribution in [-0.4, -0.2) is 103 Å². The summed E-state index contributed by atoms with van der Waals surface area (Å²) in [6.45, 7) is 3.66. The normalized spacial score (nSPS) is 22.9. The van der Waals surface area contributed by atoms with E-state index in [1.54, 1.807) is 0 Å². The monoisotopic (exact) mass is 909 g/mol. The molecule has 0 bridgehead atoms. The highest BCUT2D eigenvalue weighted by atomic mass is 31.2. The maximum Gasteiger partial charge on any atom is 0.268 e. The number of hydrogen-bond donors (Lipinski definition) is 8. The molecular weight excluding hydrogens is 813 g/mol. The second-order valence-corrected chi connectivity index (χ2v) is 19.9. The zero-order valence-electron chi connectivity index (χ0n) is 39.3. The smallest absolute Gasteiger partial charge is 0.268 e. The Balaban J connectivity index is 2.43. The van der Waals surface area contributed by atoms with E-state index >= 15 is 0 Å². The molecule has 1 rings (SSSR count). The topological polar surface area (TPSA) is 229 Å². The van der Waals surface area contributed by atoms with Crippen LogP contribution in [0.4, 0.5) is 0 Å². The van der Waals surface area contributed by atoms with Gasteiger partial charge in [-0.1, -0.05) is 219 Å². The SMILES string of the molecule is CCCCCCCCCCCCCCCCCCCCCCCC(=O)N[C@@H](COP(=O)([O-])OC1[C@H](O)[C@H](O)C(O)[C@H](O)[C@H]1O)[C@H](O)[C@H](O)CCCCCCCCCCCCCC. The van der Waals surface area contributed by atoms with Gasteiger partial charge in [0.25, 0.3) is 7.82 Å². The van der Waals surface area contributed by atoms with Gasteiger partial charge in [0.05, 0.1) is 18.8 Å². The van der Waals surface area contributed by atoms with Crippen molar-refractivity contribution in [1.82, 2.24) is 5.32 Å². The predicted octanol–water partition coefficient (Wildman–Crippen LogP) is 8.57. The maximum atomic E-state index is 13.0. The molecule has 0 heterocycles. The molecule has 0 spiro atoms.